The van der Waals surface area contributed by atoms with Gasteiger partial charge in [0.25, 0.3) is 0 Å². The lowest BCUT2D eigenvalue weighted by atomic mass is 9.99. The number of methoxy groups -OCH3 is 1. The molecule has 0 atom stereocenters. The number of aromatic nitrogens is 3. The Hall–Kier alpha value is -3.12. The van der Waals surface area contributed by atoms with Gasteiger partial charge >= 0.3 is 0 Å². The van der Waals surface area contributed by atoms with Crippen molar-refractivity contribution in [2.24, 2.45) is 0 Å². The molecule has 0 aliphatic carbocycles. The van der Waals surface area contributed by atoms with Crippen LogP contribution in [-0.2, 0) is 13.0 Å². The minimum atomic E-state index is 0.646. The van der Waals surface area contributed by atoms with E-state index >= 15 is 0 Å². The summed E-state index contributed by atoms with van der Waals surface area (Å²) in [5.41, 5.74) is 3.73. The van der Waals surface area contributed by atoms with E-state index in [4.69, 9.17) is 9.47 Å². The Morgan fingerprint density at radius 1 is 1.03 bits per heavy atom. The van der Waals surface area contributed by atoms with Gasteiger partial charge in [0, 0.05) is 26.1 Å². The first kappa shape index (κ1) is 18.9. The van der Waals surface area contributed by atoms with E-state index in [9.17, 15) is 0 Å². The van der Waals surface area contributed by atoms with Gasteiger partial charge in [0.2, 0.25) is 0 Å². The average Bonchev–Trinajstić information content (AvgIpc) is 3.11. The van der Waals surface area contributed by atoms with Crippen LogP contribution in [0.5, 0.6) is 11.5 Å². The van der Waals surface area contributed by atoms with Crippen LogP contribution in [-0.4, -0.2) is 53.0 Å². The fourth-order valence-corrected chi connectivity index (χ4v) is 4.22. The van der Waals surface area contributed by atoms with Gasteiger partial charge in [-0.05, 0) is 41.8 Å². The maximum absolute atomic E-state index is 5.89. The number of benzene rings is 2. The standard InChI is InChI=1S/C24H26N4O2/c1-29-20-8-6-18(7-9-20)19-10-13-27(14-11-19)15-12-23-25-26-24-21-4-2-3-5-22(21)30-17-16-28(23)24/h2-10H,11-17H2,1H3. The Morgan fingerprint density at radius 2 is 1.90 bits per heavy atom. The molecule has 154 valence electrons. The molecular weight excluding hydrogens is 376 g/mol. The smallest absolute Gasteiger partial charge is 0.167 e. The average molecular weight is 402 g/mol. The van der Waals surface area contributed by atoms with Crippen molar-refractivity contribution in [1.29, 1.82) is 0 Å². The lowest BCUT2D eigenvalue weighted by Crippen LogP contribution is -2.31. The summed E-state index contributed by atoms with van der Waals surface area (Å²) in [5.74, 6) is 3.74. The third kappa shape index (κ3) is 3.71. The summed E-state index contributed by atoms with van der Waals surface area (Å²) in [6.07, 6.45) is 4.30. The van der Waals surface area contributed by atoms with Crippen molar-refractivity contribution in [2.45, 2.75) is 19.4 Å². The molecule has 6 nitrogen and oxygen atoms in total. The van der Waals surface area contributed by atoms with E-state index in [0.29, 0.717) is 6.61 Å². The predicted molar refractivity (Wildman–Crippen MR) is 117 cm³/mol. The zero-order chi connectivity index (χ0) is 20.3. The Bertz CT molecular complexity index is 1060. The van der Waals surface area contributed by atoms with Crippen LogP contribution in [0, 0.1) is 0 Å². The third-order valence-corrected chi connectivity index (χ3v) is 5.93. The monoisotopic (exact) mass is 402 g/mol. The van der Waals surface area contributed by atoms with Crippen molar-refractivity contribution in [1.82, 2.24) is 19.7 Å². The number of rotatable bonds is 5. The van der Waals surface area contributed by atoms with Crippen LogP contribution in [0.1, 0.15) is 17.8 Å². The molecule has 0 unspecified atom stereocenters. The number of nitrogens with zero attached hydrogens (tertiary/aromatic N) is 4. The maximum Gasteiger partial charge on any atom is 0.167 e. The normalized spacial score (nSPS) is 16.1. The summed E-state index contributed by atoms with van der Waals surface area (Å²) in [4.78, 5) is 2.48. The van der Waals surface area contributed by atoms with E-state index in [1.807, 2.05) is 30.3 Å². The van der Waals surface area contributed by atoms with Crippen LogP contribution in [0.2, 0.25) is 0 Å². The van der Waals surface area contributed by atoms with Crippen LogP contribution < -0.4 is 9.47 Å². The van der Waals surface area contributed by atoms with Crippen molar-refractivity contribution in [3.05, 3.63) is 66.0 Å². The predicted octanol–water partition coefficient (Wildman–Crippen LogP) is 3.68. The number of ether oxygens (including phenoxy) is 2. The molecule has 0 saturated heterocycles. The molecule has 0 bridgehead atoms. The van der Waals surface area contributed by atoms with Gasteiger partial charge in [-0.15, -0.1) is 10.2 Å². The Kier molecular flexibility index (Phi) is 5.24. The Balaban J connectivity index is 1.24. The highest BCUT2D eigenvalue weighted by atomic mass is 16.5. The summed E-state index contributed by atoms with van der Waals surface area (Å²) in [6, 6.07) is 16.4. The van der Waals surface area contributed by atoms with Gasteiger partial charge in [-0.2, -0.15) is 0 Å². The molecule has 3 heterocycles. The molecule has 0 saturated carbocycles. The van der Waals surface area contributed by atoms with Gasteiger partial charge < -0.3 is 14.0 Å². The molecule has 30 heavy (non-hydrogen) atoms. The zero-order valence-corrected chi connectivity index (χ0v) is 17.3. The van der Waals surface area contributed by atoms with Crippen molar-refractivity contribution in [3.63, 3.8) is 0 Å². The fourth-order valence-electron chi connectivity index (χ4n) is 4.22. The first-order chi connectivity index (χ1) is 14.8. The molecular formula is C24H26N4O2. The van der Waals surface area contributed by atoms with Crippen LogP contribution in [0.3, 0.4) is 0 Å². The maximum atomic E-state index is 5.89. The number of para-hydroxylation sites is 1. The van der Waals surface area contributed by atoms with E-state index in [-0.39, 0.29) is 0 Å². The molecule has 2 aliphatic heterocycles. The molecule has 6 heteroatoms. The van der Waals surface area contributed by atoms with Crippen LogP contribution in [0.15, 0.2) is 54.6 Å². The Labute approximate surface area is 176 Å². The highest BCUT2D eigenvalue weighted by Gasteiger charge is 2.21. The molecule has 5 rings (SSSR count). The second-order valence-electron chi connectivity index (χ2n) is 7.69. The van der Waals surface area contributed by atoms with Gasteiger partial charge in [-0.1, -0.05) is 30.3 Å². The molecule has 2 aromatic carbocycles. The van der Waals surface area contributed by atoms with E-state index in [2.05, 4.69) is 43.9 Å². The van der Waals surface area contributed by atoms with Crippen LogP contribution in [0.25, 0.3) is 17.0 Å². The second-order valence-corrected chi connectivity index (χ2v) is 7.69. The first-order valence-corrected chi connectivity index (χ1v) is 10.5. The van der Waals surface area contributed by atoms with Crippen LogP contribution in [0.4, 0.5) is 0 Å². The summed E-state index contributed by atoms with van der Waals surface area (Å²) < 4.78 is 13.4. The highest BCUT2D eigenvalue weighted by molar-refractivity contribution is 5.67. The Morgan fingerprint density at radius 3 is 2.70 bits per heavy atom. The first-order valence-electron chi connectivity index (χ1n) is 10.5. The van der Waals surface area contributed by atoms with E-state index in [1.54, 1.807) is 7.11 Å². The van der Waals surface area contributed by atoms with Gasteiger partial charge in [0.1, 0.15) is 23.9 Å². The van der Waals surface area contributed by atoms with E-state index in [0.717, 1.165) is 67.7 Å². The van der Waals surface area contributed by atoms with Crippen molar-refractivity contribution in [3.8, 4) is 22.9 Å². The van der Waals surface area contributed by atoms with Crippen molar-refractivity contribution >= 4 is 5.57 Å². The third-order valence-electron chi connectivity index (χ3n) is 5.93. The number of fused-ring (bicyclic) bond motifs is 3. The molecule has 0 spiro atoms. The zero-order valence-electron chi connectivity index (χ0n) is 17.3. The van der Waals surface area contributed by atoms with E-state index in [1.165, 1.54) is 11.1 Å². The molecule has 0 amide bonds. The summed E-state index contributed by atoms with van der Waals surface area (Å²) in [5, 5.41) is 8.98. The summed E-state index contributed by atoms with van der Waals surface area (Å²) >= 11 is 0. The number of hydrogen-bond acceptors (Lipinski definition) is 5. The second kappa shape index (κ2) is 8.32. The minimum Gasteiger partial charge on any atom is -0.497 e. The quantitative estimate of drug-likeness (QED) is 0.652. The largest absolute Gasteiger partial charge is 0.497 e. The fraction of sp³-hybridized carbons (Fsp3) is 0.333. The highest BCUT2D eigenvalue weighted by Crippen LogP contribution is 2.31. The van der Waals surface area contributed by atoms with Gasteiger partial charge in [0.15, 0.2) is 5.82 Å². The van der Waals surface area contributed by atoms with Crippen molar-refractivity contribution < 1.29 is 9.47 Å². The molecule has 1 aromatic heterocycles. The van der Waals surface area contributed by atoms with Crippen LogP contribution >= 0.6 is 0 Å². The van der Waals surface area contributed by atoms with Gasteiger partial charge in [-0.3, -0.25) is 4.90 Å². The number of hydrogen-bond donors (Lipinski definition) is 0. The van der Waals surface area contributed by atoms with Gasteiger partial charge in [0.05, 0.1) is 19.2 Å². The SMILES string of the molecule is COc1ccc(C2=CCN(CCc3nnc4n3CCOc3ccccc3-4)CC2)cc1. The molecule has 0 fully saturated rings. The molecule has 3 aromatic rings. The summed E-state index contributed by atoms with van der Waals surface area (Å²) in [7, 11) is 1.70. The van der Waals surface area contributed by atoms with E-state index < -0.39 is 0 Å². The molecule has 0 N–H and O–H groups in total. The topological polar surface area (TPSA) is 52.4 Å². The molecule has 0 radical (unpaired) electrons. The molecule has 2 aliphatic rings. The lowest BCUT2D eigenvalue weighted by Gasteiger charge is -2.26. The lowest BCUT2D eigenvalue weighted by molar-refractivity contribution is 0.293. The minimum absolute atomic E-state index is 0.646. The van der Waals surface area contributed by atoms with Crippen molar-refractivity contribution in [2.75, 3.05) is 33.4 Å². The van der Waals surface area contributed by atoms with Gasteiger partial charge in [-0.25, -0.2) is 0 Å². The summed E-state index contributed by atoms with van der Waals surface area (Å²) in [6.45, 7) is 4.44.